The Labute approximate surface area is 138 Å². The van der Waals surface area contributed by atoms with Crippen LogP contribution in [0.5, 0.6) is 0 Å². The van der Waals surface area contributed by atoms with Gasteiger partial charge in [-0.25, -0.2) is 9.97 Å². The summed E-state index contributed by atoms with van der Waals surface area (Å²) in [7, 11) is 0. The molecule has 22 heavy (non-hydrogen) atoms. The predicted octanol–water partition coefficient (Wildman–Crippen LogP) is 3.55. The zero-order valence-corrected chi connectivity index (χ0v) is 14.7. The third-order valence-electron chi connectivity index (χ3n) is 3.10. The van der Waals surface area contributed by atoms with Gasteiger partial charge in [0, 0.05) is 11.1 Å². The van der Waals surface area contributed by atoms with Gasteiger partial charge in [-0.3, -0.25) is 9.59 Å². The van der Waals surface area contributed by atoms with Crippen LogP contribution in [0, 0.1) is 13.8 Å². The average molecular weight is 351 g/mol. The molecule has 0 aliphatic heterocycles. The van der Waals surface area contributed by atoms with Crippen LogP contribution in [0.15, 0.2) is 14.5 Å². The van der Waals surface area contributed by atoms with Crippen LogP contribution in [0.3, 0.4) is 0 Å². The molecule has 0 radical (unpaired) electrons. The Kier molecular flexibility index (Phi) is 4.16. The van der Waals surface area contributed by atoms with E-state index in [4.69, 9.17) is 0 Å². The summed E-state index contributed by atoms with van der Waals surface area (Å²) in [6.07, 6.45) is 0. The number of Topliss-reactive ketones (excluding diaryl/α,β-unsaturated/α-hetero) is 1. The molecule has 0 amide bonds. The van der Waals surface area contributed by atoms with Crippen molar-refractivity contribution >= 4 is 50.4 Å². The Balaban J connectivity index is 1.95. The van der Waals surface area contributed by atoms with Gasteiger partial charge in [0.15, 0.2) is 10.1 Å². The minimum Gasteiger partial charge on any atom is -0.309 e. The molecule has 3 aromatic rings. The largest absolute Gasteiger partial charge is 0.309 e. The van der Waals surface area contributed by atoms with E-state index in [0.29, 0.717) is 26.7 Å². The fraction of sp³-hybridized carbons (Fsp3) is 0.286. The monoisotopic (exact) mass is 351 g/mol. The number of H-pyrrole nitrogens is 1. The number of thioether (sulfide) groups is 1. The molecule has 3 rings (SSSR count). The highest BCUT2D eigenvalue weighted by molar-refractivity contribution is 8.00. The zero-order valence-electron chi connectivity index (χ0n) is 12.2. The maximum atomic E-state index is 12.2. The van der Waals surface area contributed by atoms with E-state index >= 15 is 0 Å². The van der Waals surface area contributed by atoms with Crippen molar-refractivity contribution in [2.75, 3.05) is 0 Å². The fourth-order valence-electron chi connectivity index (χ4n) is 2.12. The molecule has 0 saturated carbocycles. The van der Waals surface area contributed by atoms with Crippen LogP contribution < -0.4 is 5.56 Å². The van der Waals surface area contributed by atoms with Gasteiger partial charge in [0.2, 0.25) is 0 Å². The van der Waals surface area contributed by atoms with E-state index in [-0.39, 0.29) is 11.3 Å². The van der Waals surface area contributed by atoms with Crippen LogP contribution in [0.1, 0.15) is 33.7 Å². The molecule has 0 fully saturated rings. The summed E-state index contributed by atoms with van der Waals surface area (Å²) < 4.78 is 0.951. The molecule has 114 valence electrons. The van der Waals surface area contributed by atoms with E-state index in [1.54, 1.807) is 30.0 Å². The molecule has 0 atom stereocenters. The number of hydrogen-bond donors (Lipinski definition) is 1. The first kappa shape index (κ1) is 15.4. The number of hydrogen-bond acceptors (Lipinski definition) is 7. The second kappa shape index (κ2) is 5.94. The van der Waals surface area contributed by atoms with Gasteiger partial charge < -0.3 is 4.98 Å². The molecule has 3 aromatic heterocycles. The lowest BCUT2D eigenvalue weighted by atomic mass is 10.2. The van der Waals surface area contributed by atoms with Gasteiger partial charge in [0.1, 0.15) is 10.7 Å². The van der Waals surface area contributed by atoms with Crippen LogP contribution in [0.2, 0.25) is 0 Å². The molecule has 0 unspecified atom stereocenters. The maximum absolute atomic E-state index is 12.2. The van der Waals surface area contributed by atoms with E-state index in [1.165, 1.54) is 18.3 Å². The Hall–Kier alpha value is -1.51. The summed E-state index contributed by atoms with van der Waals surface area (Å²) in [5, 5.41) is 2.51. The highest BCUT2D eigenvalue weighted by Crippen LogP contribution is 2.29. The molecule has 5 nitrogen and oxygen atoms in total. The number of carbonyl (C=O) groups is 1. The van der Waals surface area contributed by atoms with Gasteiger partial charge in [-0.15, -0.1) is 22.7 Å². The minimum absolute atomic E-state index is 0.0333. The van der Waals surface area contributed by atoms with Gasteiger partial charge in [-0.1, -0.05) is 11.8 Å². The minimum atomic E-state index is -0.183. The summed E-state index contributed by atoms with van der Waals surface area (Å²) in [6.45, 7) is 5.25. The zero-order chi connectivity index (χ0) is 15.9. The van der Waals surface area contributed by atoms with Crippen molar-refractivity contribution in [1.82, 2.24) is 15.0 Å². The molecule has 8 heteroatoms. The SMILES string of the molecule is CC(=O)c1sc2nc(CSc3nc(C)cs3)[nH]c(=O)c2c1C. The number of nitrogens with one attached hydrogen (secondary N) is 1. The van der Waals surface area contributed by atoms with Crippen LogP contribution in [-0.2, 0) is 5.75 Å². The topological polar surface area (TPSA) is 75.7 Å². The van der Waals surface area contributed by atoms with E-state index in [9.17, 15) is 9.59 Å². The first-order chi connectivity index (χ1) is 10.5. The molecule has 0 bridgehead atoms. The number of thiophene rings is 1. The first-order valence-electron chi connectivity index (χ1n) is 6.54. The van der Waals surface area contributed by atoms with Crippen LogP contribution >= 0.6 is 34.4 Å². The van der Waals surface area contributed by atoms with Crippen LogP contribution in [-0.4, -0.2) is 20.7 Å². The Bertz CT molecular complexity index is 923. The van der Waals surface area contributed by atoms with Crippen molar-refractivity contribution in [3.8, 4) is 0 Å². The van der Waals surface area contributed by atoms with Crippen molar-refractivity contribution in [2.45, 2.75) is 30.9 Å². The molecule has 1 N–H and O–H groups in total. The molecule has 0 spiro atoms. The standard InChI is InChI=1S/C14H13N3O2S3/c1-6-4-20-14(15-6)21-5-9-16-12(19)10-7(2)11(8(3)18)22-13(10)17-9/h4H,5H2,1-3H3,(H,16,17,19). The number of aromatic nitrogens is 3. The molecular weight excluding hydrogens is 338 g/mol. The van der Waals surface area contributed by atoms with E-state index in [0.717, 1.165) is 15.6 Å². The molecule has 0 aromatic carbocycles. The van der Waals surface area contributed by atoms with E-state index < -0.39 is 0 Å². The normalized spacial score (nSPS) is 11.2. The lowest BCUT2D eigenvalue weighted by Gasteiger charge is -1.99. The number of nitrogens with zero attached hydrogens (tertiary/aromatic N) is 2. The van der Waals surface area contributed by atoms with Gasteiger partial charge in [-0.05, 0) is 26.3 Å². The van der Waals surface area contributed by atoms with Crippen molar-refractivity contribution in [1.29, 1.82) is 0 Å². The lowest BCUT2D eigenvalue weighted by Crippen LogP contribution is -2.11. The molecule has 0 saturated heterocycles. The fourth-order valence-corrected chi connectivity index (χ4v) is 4.94. The summed E-state index contributed by atoms with van der Waals surface area (Å²) in [5.41, 5.74) is 1.53. The number of aryl methyl sites for hydroxylation is 2. The van der Waals surface area contributed by atoms with Gasteiger partial charge in [0.05, 0.1) is 16.0 Å². The van der Waals surface area contributed by atoms with Crippen molar-refractivity contribution in [3.05, 3.63) is 37.7 Å². The Morgan fingerprint density at radius 3 is 2.77 bits per heavy atom. The van der Waals surface area contributed by atoms with Crippen LogP contribution in [0.4, 0.5) is 0 Å². The summed E-state index contributed by atoms with van der Waals surface area (Å²) in [4.78, 5) is 36.7. The smallest absolute Gasteiger partial charge is 0.259 e. The quantitative estimate of drug-likeness (QED) is 0.574. The Morgan fingerprint density at radius 1 is 1.36 bits per heavy atom. The van der Waals surface area contributed by atoms with Crippen molar-refractivity contribution in [3.63, 3.8) is 0 Å². The number of rotatable bonds is 4. The average Bonchev–Trinajstić information content (AvgIpc) is 3.01. The second-order valence-electron chi connectivity index (χ2n) is 4.85. The van der Waals surface area contributed by atoms with Crippen LogP contribution in [0.25, 0.3) is 10.2 Å². The number of ketones is 1. The number of carbonyl (C=O) groups excluding carboxylic acids is 1. The van der Waals surface area contributed by atoms with Crippen molar-refractivity contribution in [2.24, 2.45) is 0 Å². The molecule has 0 aliphatic rings. The summed E-state index contributed by atoms with van der Waals surface area (Å²) >= 11 is 4.40. The highest BCUT2D eigenvalue weighted by atomic mass is 32.2. The third-order valence-corrected chi connectivity index (χ3v) is 6.54. The first-order valence-corrected chi connectivity index (χ1v) is 9.22. The molecule has 3 heterocycles. The van der Waals surface area contributed by atoms with Gasteiger partial charge in [0.25, 0.3) is 5.56 Å². The number of fused-ring (bicyclic) bond motifs is 1. The van der Waals surface area contributed by atoms with E-state index in [1.807, 2.05) is 12.3 Å². The Morgan fingerprint density at radius 2 is 2.14 bits per heavy atom. The second-order valence-corrected chi connectivity index (χ2v) is 7.93. The predicted molar refractivity (Wildman–Crippen MR) is 91.4 cm³/mol. The third kappa shape index (κ3) is 2.86. The lowest BCUT2D eigenvalue weighted by molar-refractivity contribution is 0.102. The van der Waals surface area contributed by atoms with Crippen molar-refractivity contribution < 1.29 is 4.79 Å². The van der Waals surface area contributed by atoms with Gasteiger partial charge in [-0.2, -0.15) is 0 Å². The molecule has 0 aliphatic carbocycles. The number of thiazole rings is 1. The number of aromatic amines is 1. The van der Waals surface area contributed by atoms with E-state index in [2.05, 4.69) is 15.0 Å². The maximum Gasteiger partial charge on any atom is 0.259 e. The summed E-state index contributed by atoms with van der Waals surface area (Å²) in [6, 6.07) is 0. The molecular formula is C14H13N3O2S3. The summed E-state index contributed by atoms with van der Waals surface area (Å²) in [5.74, 6) is 1.12. The highest BCUT2D eigenvalue weighted by Gasteiger charge is 2.16. The van der Waals surface area contributed by atoms with Gasteiger partial charge >= 0.3 is 0 Å².